The molecule has 1 unspecified atom stereocenters. The standard InChI is InChI=1S/C15H22FNO/c1-4-15(10-9-14(2,3)17-15)13(18)11-7-5-6-8-12(11)16/h5-8,13,17-18H,4,9-10H2,1-3H3/t13-,15?/m1/s1. The average Bonchev–Trinajstić information content (AvgIpc) is 2.66. The summed E-state index contributed by atoms with van der Waals surface area (Å²) in [5.41, 5.74) is -0.0157. The zero-order valence-electron chi connectivity index (χ0n) is 11.3. The first kappa shape index (κ1) is 13.5. The monoisotopic (exact) mass is 251 g/mol. The summed E-state index contributed by atoms with van der Waals surface area (Å²) < 4.78 is 13.8. The van der Waals surface area contributed by atoms with Crippen molar-refractivity contribution >= 4 is 0 Å². The van der Waals surface area contributed by atoms with Crippen molar-refractivity contribution < 1.29 is 9.50 Å². The molecular formula is C15H22FNO. The average molecular weight is 251 g/mol. The molecule has 1 aromatic carbocycles. The summed E-state index contributed by atoms with van der Waals surface area (Å²) in [6, 6.07) is 6.49. The molecule has 1 saturated heterocycles. The highest BCUT2D eigenvalue weighted by molar-refractivity contribution is 5.25. The van der Waals surface area contributed by atoms with Crippen molar-refractivity contribution in [3.63, 3.8) is 0 Å². The minimum atomic E-state index is -0.800. The Morgan fingerprint density at radius 1 is 1.33 bits per heavy atom. The maximum atomic E-state index is 13.8. The van der Waals surface area contributed by atoms with Crippen molar-refractivity contribution in [2.45, 2.75) is 57.2 Å². The second-order valence-corrected chi connectivity index (χ2v) is 5.94. The zero-order chi connectivity index (χ0) is 13.4. The molecule has 18 heavy (non-hydrogen) atoms. The van der Waals surface area contributed by atoms with Crippen LogP contribution < -0.4 is 5.32 Å². The van der Waals surface area contributed by atoms with Crippen LogP contribution in [-0.4, -0.2) is 16.2 Å². The van der Waals surface area contributed by atoms with Crippen molar-refractivity contribution in [1.29, 1.82) is 0 Å². The van der Waals surface area contributed by atoms with Crippen molar-refractivity contribution in [2.24, 2.45) is 0 Å². The molecule has 0 aliphatic carbocycles. The van der Waals surface area contributed by atoms with E-state index in [-0.39, 0.29) is 11.4 Å². The van der Waals surface area contributed by atoms with Crippen LogP contribution in [0.15, 0.2) is 24.3 Å². The van der Waals surface area contributed by atoms with E-state index in [0.29, 0.717) is 5.56 Å². The van der Waals surface area contributed by atoms with E-state index in [1.165, 1.54) is 6.07 Å². The van der Waals surface area contributed by atoms with Crippen molar-refractivity contribution in [1.82, 2.24) is 5.32 Å². The highest BCUT2D eigenvalue weighted by atomic mass is 19.1. The lowest BCUT2D eigenvalue weighted by Crippen LogP contribution is -2.51. The Labute approximate surface area is 108 Å². The number of benzene rings is 1. The van der Waals surface area contributed by atoms with Gasteiger partial charge in [-0.05, 0) is 39.2 Å². The van der Waals surface area contributed by atoms with Gasteiger partial charge in [-0.3, -0.25) is 0 Å². The molecule has 0 amide bonds. The SMILES string of the molecule is CCC1([C@H](O)c2ccccc2F)CCC(C)(C)N1. The molecule has 2 N–H and O–H groups in total. The third kappa shape index (κ3) is 2.29. The van der Waals surface area contributed by atoms with Crippen molar-refractivity contribution in [3.05, 3.63) is 35.6 Å². The van der Waals surface area contributed by atoms with Crippen LogP contribution in [0.2, 0.25) is 0 Å². The Morgan fingerprint density at radius 2 is 2.00 bits per heavy atom. The van der Waals surface area contributed by atoms with Crippen LogP contribution in [-0.2, 0) is 0 Å². The first-order valence-corrected chi connectivity index (χ1v) is 6.62. The van der Waals surface area contributed by atoms with Crippen molar-refractivity contribution in [3.8, 4) is 0 Å². The van der Waals surface area contributed by atoms with E-state index < -0.39 is 11.6 Å². The van der Waals surface area contributed by atoms with Gasteiger partial charge in [0, 0.05) is 16.6 Å². The summed E-state index contributed by atoms with van der Waals surface area (Å²) in [5, 5.41) is 14.1. The Morgan fingerprint density at radius 3 is 2.50 bits per heavy atom. The fourth-order valence-electron chi connectivity index (χ4n) is 2.99. The van der Waals surface area contributed by atoms with Crippen LogP contribution in [0, 0.1) is 5.82 Å². The van der Waals surface area contributed by atoms with E-state index >= 15 is 0 Å². The lowest BCUT2D eigenvalue weighted by molar-refractivity contribution is 0.0572. The maximum absolute atomic E-state index is 13.8. The van der Waals surface area contributed by atoms with Crippen LogP contribution in [0.4, 0.5) is 4.39 Å². The molecule has 0 spiro atoms. The molecular weight excluding hydrogens is 229 g/mol. The molecule has 0 aromatic heterocycles. The minimum absolute atomic E-state index is 0.00223. The number of halogens is 1. The highest BCUT2D eigenvalue weighted by Crippen LogP contribution is 2.41. The van der Waals surface area contributed by atoms with Gasteiger partial charge in [-0.15, -0.1) is 0 Å². The molecule has 0 bridgehead atoms. The van der Waals surface area contributed by atoms with Crippen LogP contribution in [0.3, 0.4) is 0 Å². The first-order valence-electron chi connectivity index (χ1n) is 6.62. The summed E-state index contributed by atoms with van der Waals surface area (Å²) >= 11 is 0. The number of hydrogen-bond donors (Lipinski definition) is 2. The lowest BCUT2D eigenvalue weighted by atomic mass is 9.84. The number of nitrogens with one attached hydrogen (secondary N) is 1. The smallest absolute Gasteiger partial charge is 0.129 e. The van der Waals surface area contributed by atoms with Gasteiger partial charge in [-0.1, -0.05) is 25.1 Å². The van der Waals surface area contributed by atoms with Gasteiger partial charge >= 0.3 is 0 Å². The summed E-state index contributed by atoms with van der Waals surface area (Å²) in [4.78, 5) is 0. The van der Waals surface area contributed by atoms with Crippen molar-refractivity contribution in [2.75, 3.05) is 0 Å². The van der Waals surface area contributed by atoms with Crippen LogP contribution in [0.25, 0.3) is 0 Å². The van der Waals surface area contributed by atoms with E-state index in [0.717, 1.165) is 19.3 Å². The van der Waals surface area contributed by atoms with Gasteiger partial charge in [0.15, 0.2) is 0 Å². The van der Waals surface area contributed by atoms with Gasteiger partial charge in [-0.25, -0.2) is 4.39 Å². The Hall–Kier alpha value is -0.930. The third-order valence-corrected chi connectivity index (χ3v) is 4.14. The van der Waals surface area contributed by atoms with E-state index in [2.05, 4.69) is 19.2 Å². The Balaban J connectivity index is 2.32. The van der Waals surface area contributed by atoms with Gasteiger partial charge in [0.2, 0.25) is 0 Å². The number of rotatable bonds is 3. The number of aliphatic hydroxyl groups is 1. The van der Waals surface area contributed by atoms with Gasteiger partial charge in [0.05, 0.1) is 6.10 Å². The molecule has 2 atom stereocenters. The van der Waals surface area contributed by atoms with Crippen LogP contribution >= 0.6 is 0 Å². The van der Waals surface area contributed by atoms with Gasteiger partial charge in [-0.2, -0.15) is 0 Å². The Bertz CT molecular complexity index is 432. The molecule has 2 nitrogen and oxygen atoms in total. The molecule has 1 aromatic rings. The molecule has 1 aliphatic rings. The van der Waals surface area contributed by atoms with E-state index in [9.17, 15) is 9.50 Å². The minimum Gasteiger partial charge on any atom is -0.386 e. The lowest BCUT2D eigenvalue weighted by Gasteiger charge is -2.36. The molecule has 0 saturated carbocycles. The molecule has 100 valence electrons. The third-order valence-electron chi connectivity index (χ3n) is 4.14. The fraction of sp³-hybridized carbons (Fsp3) is 0.600. The molecule has 1 aliphatic heterocycles. The second kappa shape index (κ2) is 4.63. The zero-order valence-corrected chi connectivity index (χ0v) is 11.3. The molecule has 1 fully saturated rings. The highest BCUT2D eigenvalue weighted by Gasteiger charge is 2.46. The van der Waals surface area contributed by atoms with Crippen LogP contribution in [0.5, 0.6) is 0 Å². The largest absolute Gasteiger partial charge is 0.386 e. The quantitative estimate of drug-likeness (QED) is 0.865. The topological polar surface area (TPSA) is 32.3 Å². The summed E-state index contributed by atoms with van der Waals surface area (Å²) in [7, 11) is 0. The normalized spacial score (nSPS) is 28.3. The Kier molecular flexibility index (Phi) is 3.47. The maximum Gasteiger partial charge on any atom is 0.129 e. The number of aliphatic hydroxyl groups excluding tert-OH is 1. The molecule has 3 heteroatoms. The summed E-state index contributed by atoms with van der Waals surface area (Å²) in [5.74, 6) is -0.329. The first-order chi connectivity index (χ1) is 8.40. The predicted molar refractivity (Wildman–Crippen MR) is 70.8 cm³/mol. The second-order valence-electron chi connectivity index (χ2n) is 5.94. The molecule has 1 heterocycles. The van der Waals surface area contributed by atoms with E-state index in [4.69, 9.17) is 0 Å². The van der Waals surface area contributed by atoms with Crippen LogP contribution in [0.1, 0.15) is 51.7 Å². The molecule has 0 radical (unpaired) electrons. The number of hydrogen-bond acceptors (Lipinski definition) is 2. The van der Waals surface area contributed by atoms with Gasteiger partial charge in [0.1, 0.15) is 5.82 Å². The molecule has 2 rings (SSSR count). The van der Waals surface area contributed by atoms with Gasteiger partial charge in [0.25, 0.3) is 0 Å². The fourth-order valence-corrected chi connectivity index (χ4v) is 2.99. The summed E-state index contributed by atoms with van der Waals surface area (Å²) in [6.07, 6.45) is 1.84. The predicted octanol–water partition coefficient (Wildman–Crippen LogP) is 3.17. The summed E-state index contributed by atoms with van der Waals surface area (Å²) in [6.45, 7) is 6.29. The van der Waals surface area contributed by atoms with E-state index in [1.807, 2.05) is 6.92 Å². The van der Waals surface area contributed by atoms with Gasteiger partial charge < -0.3 is 10.4 Å². The van der Waals surface area contributed by atoms with E-state index in [1.54, 1.807) is 18.2 Å².